The molecule has 0 saturated carbocycles. The Kier molecular flexibility index (Phi) is 4.62. The topological polar surface area (TPSA) is 32.3 Å². The Morgan fingerprint density at radius 1 is 1.33 bits per heavy atom. The summed E-state index contributed by atoms with van der Waals surface area (Å²) in [6.07, 6.45) is 4.85. The molecule has 0 aliphatic carbocycles. The number of aliphatic hydroxyl groups excluding tert-OH is 1. The average Bonchev–Trinajstić information content (AvgIpc) is 2.09. The van der Waals surface area contributed by atoms with Crippen LogP contribution in [0, 0.1) is 11.8 Å². The van der Waals surface area contributed by atoms with Crippen LogP contribution in [0.5, 0.6) is 0 Å². The second-order valence-corrected chi connectivity index (χ2v) is 3.81. The molecule has 0 amide bonds. The molecule has 2 heteroatoms. The van der Waals surface area contributed by atoms with E-state index in [1.165, 1.54) is 25.8 Å². The Labute approximate surface area is 75.4 Å². The number of piperidine rings is 1. The molecule has 0 radical (unpaired) electrons. The van der Waals surface area contributed by atoms with Crippen LogP contribution in [0.3, 0.4) is 0 Å². The quantitative estimate of drug-likeness (QED) is 0.670. The maximum absolute atomic E-state index is 8.88. The molecule has 1 aliphatic rings. The van der Waals surface area contributed by atoms with Crippen molar-refractivity contribution in [3.8, 4) is 0 Å². The van der Waals surface area contributed by atoms with Crippen molar-refractivity contribution in [1.82, 2.24) is 5.32 Å². The number of aliphatic hydroxyl groups is 1. The van der Waals surface area contributed by atoms with Gasteiger partial charge in [-0.3, -0.25) is 0 Å². The third kappa shape index (κ3) is 2.76. The highest BCUT2D eigenvalue weighted by atomic mass is 16.3. The van der Waals surface area contributed by atoms with Crippen LogP contribution in [0.2, 0.25) is 0 Å². The van der Waals surface area contributed by atoms with Gasteiger partial charge in [0, 0.05) is 6.61 Å². The highest BCUT2D eigenvalue weighted by molar-refractivity contribution is 4.77. The summed E-state index contributed by atoms with van der Waals surface area (Å²) in [7, 11) is 0. The summed E-state index contributed by atoms with van der Waals surface area (Å²) < 4.78 is 0. The van der Waals surface area contributed by atoms with Crippen molar-refractivity contribution in [3.63, 3.8) is 0 Å². The predicted molar refractivity (Wildman–Crippen MR) is 51.1 cm³/mol. The number of nitrogens with one attached hydrogen (secondary N) is 1. The monoisotopic (exact) mass is 171 g/mol. The summed E-state index contributed by atoms with van der Waals surface area (Å²) in [5.41, 5.74) is 0. The fraction of sp³-hybridized carbons (Fsp3) is 1.00. The molecule has 1 fully saturated rings. The van der Waals surface area contributed by atoms with Crippen LogP contribution in [0.1, 0.15) is 32.6 Å². The molecule has 0 bridgehead atoms. The minimum atomic E-state index is 0.366. The van der Waals surface area contributed by atoms with E-state index in [2.05, 4.69) is 12.2 Å². The Bertz CT molecular complexity index is 98.4. The van der Waals surface area contributed by atoms with Gasteiger partial charge < -0.3 is 10.4 Å². The lowest BCUT2D eigenvalue weighted by Crippen LogP contribution is -2.36. The summed E-state index contributed by atoms with van der Waals surface area (Å²) in [4.78, 5) is 0. The van der Waals surface area contributed by atoms with Gasteiger partial charge in [0.25, 0.3) is 0 Å². The number of hydrogen-bond acceptors (Lipinski definition) is 2. The molecule has 0 aromatic rings. The van der Waals surface area contributed by atoms with Gasteiger partial charge in [-0.25, -0.2) is 0 Å². The number of hydrogen-bond donors (Lipinski definition) is 2. The van der Waals surface area contributed by atoms with Gasteiger partial charge >= 0.3 is 0 Å². The molecule has 1 heterocycles. The van der Waals surface area contributed by atoms with Crippen molar-refractivity contribution in [1.29, 1.82) is 0 Å². The summed E-state index contributed by atoms with van der Waals surface area (Å²) in [6, 6.07) is 0. The molecule has 2 nitrogen and oxygen atoms in total. The molecule has 2 N–H and O–H groups in total. The lowest BCUT2D eigenvalue weighted by Gasteiger charge is -2.31. The second kappa shape index (κ2) is 5.55. The van der Waals surface area contributed by atoms with E-state index in [1.54, 1.807) is 0 Å². The van der Waals surface area contributed by atoms with E-state index in [1.807, 2.05) is 0 Å². The van der Waals surface area contributed by atoms with Crippen molar-refractivity contribution in [2.24, 2.45) is 11.8 Å². The average molecular weight is 171 g/mol. The Morgan fingerprint density at radius 2 is 2.17 bits per heavy atom. The molecule has 0 spiro atoms. The first-order chi connectivity index (χ1) is 5.88. The van der Waals surface area contributed by atoms with Gasteiger partial charge in [-0.15, -0.1) is 0 Å². The molecule has 1 aliphatic heterocycles. The molecule has 0 aromatic heterocycles. The lowest BCUT2D eigenvalue weighted by molar-refractivity contribution is 0.178. The molecular formula is C10H21NO. The van der Waals surface area contributed by atoms with Crippen molar-refractivity contribution in [2.75, 3.05) is 19.7 Å². The normalized spacial score (nSPS) is 30.5. The second-order valence-electron chi connectivity index (χ2n) is 3.81. The first kappa shape index (κ1) is 10.0. The fourth-order valence-corrected chi connectivity index (χ4v) is 2.23. The maximum Gasteiger partial charge on any atom is 0.0433 e. The first-order valence-corrected chi connectivity index (χ1v) is 5.20. The molecule has 0 aromatic carbocycles. The van der Waals surface area contributed by atoms with Gasteiger partial charge in [0.2, 0.25) is 0 Å². The third-order valence-corrected chi connectivity index (χ3v) is 2.92. The smallest absolute Gasteiger partial charge is 0.0433 e. The van der Waals surface area contributed by atoms with Gasteiger partial charge in [-0.1, -0.05) is 13.3 Å². The van der Waals surface area contributed by atoms with E-state index in [-0.39, 0.29) is 0 Å². The third-order valence-electron chi connectivity index (χ3n) is 2.92. The van der Waals surface area contributed by atoms with Gasteiger partial charge in [0.15, 0.2) is 0 Å². The Hall–Kier alpha value is -0.0800. The summed E-state index contributed by atoms with van der Waals surface area (Å²) in [5, 5.41) is 12.3. The summed E-state index contributed by atoms with van der Waals surface area (Å²) >= 11 is 0. The Balaban J connectivity index is 2.31. The van der Waals surface area contributed by atoms with Crippen LogP contribution in [-0.2, 0) is 0 Å². The SMILES string of the molecule is CCCC1CNCCC1CCO. The molecule has 72 valence electrons. The van der Waals surface area contributed by atoms with Gasteiger partial charge in [0.05, 0.1) is 0 Å². The number of rotatable bonds is 4. The molecular weight excluding hydrogens is 150 g/mol. The predicted octanol–water partition coefficient (Wildman–Crippen LogP) is 1.39. The lowest BCUT2D eigenvalue weighted by atomic mass is 9.82. The van der Waals surface area contributed by atoms with Gasteiger partial charge in [0.1, 0.15) is 0 Å². The van der Waals surface area contributed by atoms with E-state index < -0.39 is 0 Å². The minimum absolute atomic E-state index is 0.366. The van der Waals surface area contributed by atoms with Crippen molar-refractivity contribution < 1.29 is 5.11 Å². The van der Waals surface area contributed by atoms with Crippen LogP contribution in [-0.4, -0.2) is 24.8 Å². The van der Waals surface area contributed by atoms with E-state index in [0.717, 1.165) is 24.8 Å². The van der Waals surface area contributed by atoms with E-state index in [0.29, 0.717) is 6.61 Å². The van der Waals surface area contributed by atoms with Gasteiger partial charge in [-0.2, -0.15) is 0 Å². The Morgan fingerprint density at radius 3 is 2.83 bits per heavy atom. The standard InChI is InChI=1S/C10H21NO/c1-2-3-10-8-11-6-4-9(10)5-7-12/h9-12H,2-8H2,1H3. The van der Waals surface area contributed by atoms with E-state index >= 15 is 0 Å². The van der Waals surface area contributed by atoms with E-state index in [9.17, 15) is 0 Å². The van der Waals surface area contributed by atoms with Crippen LogP contribution in [0.15, 0.2) is 0 Å². The van der Waals surface area contributed by atoms with Crippen LogP contribution in [0.25, 0.3) is 0 Å². The van der Waals surface area contributed by atoms with Crippen LogP contribution in [0.4, 0.5) is 0 Å². The highest BCUT2D eigenvalue weighted by Crippen LogP contribution is 2.25. The van der Waals surface area contributed by atoms with Gasteiger partial charge in [-0.05, 0) is 44.2 Å². The molecule has 1 rings (SSSR count). The van der Waals surface area contributed by atoms with Crippen LogP contribution < -0.4 is 5.32 Å². The summed E-state index contributed by atoms with van der Waals surface area (Å²) in [6.45, 7) is 4.92. The summed E-state index contributed by atoms with van der Waals surface area (Å²) in [5.74, 6) is 1.59. The van der Waals surface area contributed by atoms with Crippen molar-refractivity contribution >= 4 is 0 Å². The first-order valence-electron chi connectivity index (χ1n) is 5.20. The molecule has 1 saturated heterocycles. The van der Waals surface area contributed by atoms with E-state index in [4.69, 9.17) is 5.11 Å². The molecule has 2 atom stereocenters. The fourth-order valence-electron chi connectivity index (χ4n) is 2.23. The molecule has 2 unspecified atom stereocenters. The zero-order chi connectivity index (χ0) is 8.81. The minimum Gasteiger partial charge on any atom is -0.396 e. The zero-order valence-corrected chi connectivity index (χ0v) is 8.05. The zero-order valence-electron chi connectivity index (χ0n) is 8.05. The molecule has 12 heavy (non-hydrogen) atoms. The largest absolute Gasteiger partial charge is 0.396 e. The van der Waals surface area contributed by atoms with Crippen molar-refractivity contribution in [2.45, 2.75) is 32.6 Å². The highest BCUT2D eigenvalue weighted by Gasteiger charge is 2.23. The maximum atomic E-state index is 8.88. The van der Waals surface area contributed by atoms with Crippen molar-refractivity contribution in [3.05, 3.63) is 0 Å². The van der Waals surface area contributed by atoms with Crippen LogP contribution >= 0.6 is 0 Å².